The molecule has 0 atom stereocenters. The topological polar surface area (TPSA) is 78.4 Å². The molecule has 0 bridgehead atoms. The average Bonchev–Trinajstić information content (AvgIpc) is 2.98. The number of rotatable bonds is 5. The number of carbonyl (C=O) groups is 2. The zero-order chi connectivity index (χ0) is 15.1. The molecule has 2 aromatic rings. The minimum atomic E-state index is -0.542. The first-order chi connectivity index (χ1) is 10.2. The summed E-state index contributed by atoms with van der Waals surface area (Å²) in [6.07, 6.45) is 1.90. The number of thiophene rings is 1. The fourth-order valence-corrected chi connectivity index (χ4v) is 2.55. The highest BCUT2D eigenvalue weighted by Crippen LogP contribution is 2.14. The van der Waals surface area contributed by atoms with Gasteiger partial charge in [0.05, 0.1) is 5.56 Å². The molecule has 5 nitrogen and oxygen atoms in total. The standard InChI is InChI=1S/C15H16N2O3S/c18-13-8-2-1-7-12(13)15(20)17-16-14(19)9-3-5-11-6-4-10-21-11/h1-2,4,6-8,10,18H,3,5,9H2,(H,16,19)(H,17,20). The first kappa shape index (κ1) is 15.1. The van der Waals surface area contributed by atoms with Crippen molar-refractivity contribution in [1.29, 1.82) is 0 Å². The van der Waals surface area contributed by atoms with Crippen LogP contribution in [-0.2, 0) is 11.2 Å². The molecule has 0 spiro atoms. The Bertz CT molecular complexity index is 611. The van der Waals surface area contributed by atoms with E-state index in [9.17, 15) is 14.7 Å². The maximum Gasteiger partial charge on any atom is 0.273 e. The third kappa shape index (κ3) is 4.61. The van der Waals surface area contributed by atoms with E-state index in [0.29, 0.717) is 6.42 Å². The van der Waals surface area contributed by atoms with E-state index in [-0.39, 0.29) is 17.2 Å². The smallest absolute Gasteiger partial charge is 0.273 e. The molecule has 0 fully saturated rings. The molecule has 2 rings (SSSR count). The number of hydrazine groups is 1. The minimum absolute atomic E-state index is 0.122. The van der Waals surface area contributed by atoms with E-state index < -0.39 is 5.91 Å². The zero-order valence-electron chi connectivity index (χ0n) is 11.3. The van der Waals surface area contributed by atoms with Crippen LogP contribution in [0.25, 0.3) is 0 Å². The second-order valence-electron chi connectivity index (χ2n) is 4.45. The van der Waals surface area contributed by atoms with Crippen LogP contribution in [0.4, 0.5) is 0 Å². The lowest BCUT2D eigenvalue weighted by molar-refractivity contribution is -0.121. The molecular formula is C15H16N2O3S. The summed E-state index contributed by atoms with van der Waals surface area (Å²) in [4.78, 5) is 24.6. The number of benzene rings is 1. The molecule has 0 aliphatic rings. The van der Waals surface area contributed by atoms with Crippen LogP contribution >= 0.6 is 11.3 Å². The molecule has 110 valence electrons. The lowest BCUT2D eigenvalue weighted by Gasteiger charge is -2.08. The lowest BCUT2D eigenvalue weighted by atomic mass is 10.2. The summed E-state index contributed by atoms with van der Waals surface area (Å²) in [6, 6.07) is 10.2. The summed E-state index contributed by atoms with van der Waals surface area (Å²) in [6.45, 7) is 0. The van der Waals surface area contributed by atoms with Crippen LogP contribution in [0.2, 0.25) is 0 Å². The van der Waals surface area contributed by atoms with Crippen molar-refractivity contribution in [2.75, 3.05) is 0 Å². The van der Waals surface area contributed by atoms with Crippen LogP contribution in [0.15, 0.2) is 41.8 Å². The van der Waals surface area contributed by atoms with Crippen molar-refractivity contribution in [3.63, 3.8) is 0 Å². The molecule has 1 heterocycles. The van der Waals surface area contributed by atoms with Crippen molar-refractivity contribution in [2.24, 2.45) is 0 Å². The monoisotopic (exact) mass is 304 g/mol. The van der Waals surface area contributed by atoms with Gasteiger partial charge in [0.25, 0.3) is 5.91 Å². The van der Waals surface area contributed by atoms with Crippen LogP contribution in [0, 0.1) is 0 Å². The van der Waals surface area contributed by atoms with E-state index in [0.717, 1.165) is 12.8 Å². The molecule has 2 amide bonds. The van der Waals surface area contributed by atoms with Gasteiger partial charge in [0.1, 0.15) is 5.75 Å². The van der Waals surface area contributed by atoms with Gasteiger partial charge < -0.3 is 5.11 Å². The maximum absolute atomic E-state index is 11.7. The summed E-state index contributed by atoms with van der Waals surface area (Å²) in [5.41, 5.74) is 4.75. The Hall–Kier alpha value is -2.34. The molecule has 21 heavy (non-hydrogen) atoms. The first-order valence-corrected chi connectivity index (χ1v) is 7.44. The Kier molecular flexibility index (Phi) is 5.34. The highest BCUT2D eigenvalue weighted by atomic mass is 32.1. The quantitative estimate of drug-likeness (QED) is 0.741. The van der Waals surface area contributed by atoms with Crippen LogP contribution in [-0.4, -0.2) is 16.9 Å². The number of hydrogen-bond acceptors (Lipinski definition) is 4. The van der Waals surface area contributed by atoms with Crippen LogP contribution in [0.3, 0.4) is 0 Å². The van der Waals surface area contributed by atoms with Crippen molar-refractivity contribution < 1.29 is 14.7 Å². The molecule has 1 aromatic heterocycles. The maximum atomic E-state index is 11.7. The molecule has 3 N–H and O–H groups in total. The Balaban J connectivity index is 1.71. The average molecular weight is 304 g/mol. The number of phenolic OH excluding ortho intramolecular Hbond substituents is 1. The van der Waals surface area contributed by atoms with Gasteiger partial charge in [-0.05, 0) is 36.4 Å². The van der Waals surface area contributed by atoms with Gasteiger partial charge in [0.2, 0.25) is 5.91 Å². The molecule has 0 aliphatic heterocycles. The van der Waals surface area contributed by atoms with Crippen molar-refractivity contribution in [2.45, 2.75) is 19.3 Å². The van der Waals surface area contributed by atoms with E-state index in [1.165, 1.54) is 17.0 Å². The molecular weight excluding hydrogens is 288 g/mol. The Morgan fingerprint density at radius 1 is 1.10 bits per heavy atom. The van der Waals surface area contributed by atoms with Crippen molar-refractivity contribution in [3.05, 3.63) is 52.2 Å². The lowest BCUT2D eigenvalue weighted by Crippen LogP contribution is -2.41. The van der Waals surface area contributed by atoms with Gasteiger partial charge in [-0.1, -0.05) is 18.2 Å². The van der Waals surface area contributed by atoms with Gasteiger partial charge in [0.15, 0.2) is 0 Å². The number of amides is 2. The second kappa shape index (κ2) is 7.44. The third-order valence-corrected chi connectivity index (χ3v) is 3.81. The number of phenols is 1. The molecule has 0 aliphatic carbocycles. The van der Waals surface area contributed by atoms with Crippen molar-refractivity contribution in [1.82, 2.24) is 10.9 Å². The number of para-hydroxylation sites is 1. The SMILES string of the molecule is O=C(CCCc1cccs1)NNC(=O)c1ccccc1O. The highest BCUT2D eigenvalue weighted by molar-refractivity contribution is 7.09. The fourth-order valence-electron chi connectivity index (χ4n) is 1.80. The third-order valence-electron chi connectivity index (χ3n) is 2.87. The summed E-state index contributed by atoms with van der Waals surface area (Å²) >= 11 is 1.66. The number of aromatic hydroxyl groups is 1. The predicted molar refractivity (Wildman–Crippen MR) is 81.0 cm³/mol. The van der Waals surface area contributed by atoms with Crippen molar-refractivity contribution in [3.8, 4) is 5.75 Å². The van der Waals surface area contributed by atoms with Crippen molar-refractivity contribution >= 4 is 23.2 Å². The van der Waals surface area contributed by atoms with E-state index >= 15 is 0 Å². The predicted octanol–water partition coefficient (Wildman–Crippen LogP) is 2.24. The van der Waals surface area contributed by atoms with Crippen LogP contribution in [0.5, 0.6) is 5.75 Å². The van der Waals surface area contributed by atoms with Gasteiger partial charge in [-0.15, -0.1) is 11.3 Å². The number of carbonyl (C=O) groups excluding carboxylic acids is 2. The fraction of sp³-hybridized carbons (Fsp3) is 0.200. The first-order valence-electron chi connectivity index (χ1n) is 6.56. The summed E-state index contributed by atoms with van der Waals surface area (Å²) < 4.78 is 0. The Morgan fingerprint density at radius 3 is 2.62 bits per heavy atom. The van der Waals surface area contributed by atoms with Gasteiger partial charge in [-0.3, -0.25) is 20.4 Å². The summed E-state index contributed by atoms with van der Waals surface area (Å²) in [7, 11) is 0. The number of aryl methyl sites for hydroxylation is 1. The second-order valence-corrected chi connectivity index (χ2v) is 5.48. The Morgan fingerprint density at radius 2 is 1.90 bits per heavy atom. The van der Waals surface area contributed by atoms with Gasteiger partial charge in [0, 0.05) is 11.3 Å². The number of nitrogens with one attached hydrogen (secondary N) is 2. The van der Waals surface area contributed by atoms with E-state index in [4.69, 9.17) is 0 Å². The molecule has 0 radical (unpaired) electrons. The van der Waals surface area contributed by atoms with E-state index in [1.807, 2.05) is 17.5 Å². The molecule has 6 heteroatoms. The van der Waals surface area contributed by atoms with E-state index in [1.54, 1.807) is 23.5 Å². The normalized spacial score (nSPS) is 10.1. The molecule has 0 saturated carbocycles. The summed E-state index contributed by atoms with van der Waals surface area (Å²) in [5.74, 6) is -0.919. The van der Waals surface area contributed by atoms with E-state index in [2.05, 4.69) is 10.9 Å². The minimum Gasteiger partial charge on any atom is -0.507 e. The van der Waals surface area contributed by atoms with Crippen LogP contribution in [0.1, 0.15) is 28.1 Å². The zero-order valence-corrected chi connectivity index (χ0v) is 12.2. The number of hydrogen-bond donors (Lipinski definition) is 3. The molecule has 0 saturated heterocycles. The highest BCUT2D eigenvalue weighted by Gasteiger charge is 2.10. The van der Waals surface area contributed by atoms with Gasteiger partial charge in [-0.2, -0.15) is 0 Å². The van der Waals surface area contributed by atoms with Crippen LogP contribution < -0.4 is 10.9 Å². The molecule has 0 unspecified atom stereocenters. The van der Waals surface area contributed by atoms with Gasteiger partial charge in [-0.25, -0.2) is 0 Å². The largest absolute Gasteiger partial charge is 0.507 e. The van der Waals surface area contributed by atoms with Gasteiger partial charge >= 0.3 is 0 Å². The summed E-state index contributed by atoms with van der Waals surface area (Å²) in [5, 5.41) is 11.5. The molecule has 1 aromatic carbocycles. The Labute approximate surface area is 126 Å².